The highest BCUT2D eigenvalue weighted by molar-refractivity contribution is 5.47. The number of benzene rings is 1. The van der Waals surface area contributed by atoms with E-state index in [1.807, 2.05) is 0 Å². The van der Waals surface area contributed by atoms with Gasteiger partial charge in [-0.1, -0.05) is 5.21 Å². The maximum absolute atomic E-state index is 10.6. The minimum atomic E-state index is -0.419. The summed E-state index contributed by atoms with van der Waals surface area (Å²) in [6.07, 6.45) is 2.44. The van der Waals surface area contributed by atoms with Crippen molar-refractivity contribution in [3.63, 3.8) is 0 Å². The molecule has 0 saturated heterocycles. The van der Waals surface area contributed by atoms with Crippen LogP contribution in [0.25, 0.3) is 5.69 Å². The molecule has 2 rings (SSSR count). The molecule has 0 bridgehead atoms. The van der Waals surface area contributed by atoms with E-state index >= 15 is 0 Å². The van der Waals surface area contributed by atoms with Crippen molar-refractivity contribution in [2.75, 3.05) is 6.54 Å². The first-order chi connectivity index (χ1) is 8.61. The van der Waals surface area contributed by atoms with Crippen LogP contribution in [0.2, 0.25) is 0 Å². The van der Waals surface area contributed by atoms with E-state index in [9.17, 15) is 10.1 Å². The molecule has 0 radical (unpaired) electrons. The Morgan fingerprint density at radius 1 is 1.50 bits per heavy atom. The van der Waals surface area contributed by atoms with E-state index in [-0.39, 0.29) is 5.69 Å². The van der Waals surface area contributed by atoms with Gasteiger partial charge in [-0.3, -0.25) is 10.1 Å². The molecule has 1 aromatic carbocycles. The van der Waals surface area contributed by atoms with Crippen molar-refractivity contribution in [3.05, 3.63) is 45.8 Å². The Morgan fingerprint density at radius 2 is 2.28 bits per heavy atom. The number of aryl methyl sites for hydroxylation is 1. The second kappa shape index (κ2) is 4.92. The topological polar surface area (TPSA) is 99.9 Å². The summed E-state index contributed by atoms with van der Waals surface area (Å²) in [5, 5.41) is 18.6. The third kappa shape index (κ3) is 2.35. The summed E-state index contributed by atoms with van der Waals surface area (Å²) in [6.45, 7) is 2.31. The maximum atomic E-state index is 10.6. The molecule has 2 N–H and O–H groups in total. The van der Waals surface area contributed by atoms with Crippen molar-refractivity contribution in [2.45, 2.75) is 13.3 Å². The molecule has 0 spiro atoms. The van der Waals surface area contributed by atoms with E-state index in [2.05, 4.69) is 10.3 Å². The first-order valence-electron chi connectivity index (χ1n) is 5.48. The number of aromatic nitrogens is 3. The Labute approximate surface area is 103 Å². The van der Waals surface area contributed by atoms with Gasteiger partial charge in [0, 0.05) is 18.6 Å². The molecule has 0 aliphatic carbocycles. The molecule has 0 aliphatic rings. The minimum absolute atomic E-state index is 0.0681. The lowest BCUT2D eigenvalue weighted by molar-refractivity contribution is -0.384. The first kappa shape index (κ1) is 12.2. The van der Waals surface area contributed by atoms with Crippen molar-refractivity contribution >= 4 is 5.69 Å². The molecular formula is C11H13N5O2. The maximum Gasteiger partial charge on any atom is 0.269 e. The number of rotatable bonds is 4. The Morgan fingerprint density at radius 3 is 2.89 bits per heavy atom. The summed E-state index contributed by atoms with van der Waals surface area (Å²) in [6, 6.07) is 4.63. The highest BCUT2D eigenvalue weighted by Gasteiger charge is 2.10. The first-order valence-corrected chi connectivity index (χ1v) is 5.48. The standard InChI is InChI=1S/C11H13N5O2/c1-8-6-10(16(17)18)2-3-11(8)15-7-9(4-5-12)13-14-15/h2-3,6-7H,4-5,12H2,1H3. The highest BCUT2D eigenvalue weighted by Crippen LogP contribution is 2.19. The lowest BCUT2D eigenvalue weighted by Crippen LogP contribution is -2.02. The zero-order valence-corrected chi connectivity index (χ0v) is 9.91. The van der Waals surface area contributed by atoms with Gasteiger partial charge in [0.05, 0.1) is 22.5 Å². The van der Waals surface area contributed by atoms with Crippen LogP contribution >= 0.6 is 0 Å². The zero-order chi connectivity index (χ0) is 13.1. The normalized spacial score (nSPS) is 10.6. The van der Waals surface area contributed by atoms with Gasteiger partial charge in [-0.15, -0.1) is 5.10 Å². The van der Waals surface area contributed by atoms with E-state index in [1.54, 1.807) is 23.9 Å². The van der Waals surface area contributed by atoms with Gasteiger partial charge in [-0.25, -0.2) is 4.68 Å². The average Bonchev–Trinajstić information content (AvgIpc) is 2.77. The smallest absolute Gasteiger partial charge is 0.269 e. The molecule has 1 aromatic heterocycles. The SMILES string of the molecule is Cc1cc([N+](=O)[O-])ccc1-n1cc(CCN)nn1. The number of nitrogens with two attached hydrogens (primary N) is 1. The molecule has 0 aliphatic heterocycles. The summed E-state index contributed by atoms with van der Waals surface area (Å²) in [5.74, 6) is 0. The molecule has 2 aromatic rings. The van der Waals surface area contributed by atoms with E-state index < -0.39 is 4.92 Å². The van der Waals surface area contributed by atoms with Gasteiger partial charge in [-0.2, -0.15) is 0 Å². The Bertz CT molecular complexity index is 579. The van der Waals surface area contributed by atoms with Gasteiger partial charge < -0.3 is 5.73 Å². The van der Waals surface area contributed by atoms with Crippen LogP contribution in [0.15, 0.2) is 24.4 Å². The fraction of sp³-hybridized carbons (Fsp3) is 0.273. The summed E-state index contributed by atoms with van der Waals surface area (Å²) in [7, 11) is 0. The lowest BCUT2D eigenvalue weighted by atomic mass is 10.2. The van der Waals surface area contributed by atoms with Gasteiger partial charge >= 0.3 is 0 Å². The quantitative estimate of drug-likeness (QED) is 0.641. The number of nitrogens with zero attached hydrogens (tertiary/aromatic N) is 4. The summed E-state index contributed by atoms with van der Waals surface area (Å²) < 4.78 is 1.60. The predicted molar refractivity (Wildman–Crippen MR) is 65.5 cm³/mol. The van der Waals surface area contributed by atoms with Crippen LogP contribution in [-0.4, -0.2) is 26.5 Å². The van der Waals surface area contributed by atoms with Crippen molar-refractivity contribution in [2.24, 2.45) is 5.73 Å². The molecule has 18 heavy (non-hydrogen) atoms. The van der Waals surface area contributed by atoms with Crippen LogP contribution in [0.3, 0.4) is 0 Å². The molecule has 0 fully saturated rings. The number of nitro benzene ring substituents is 1. The summed E-state index contributed by atoms with van der Waals surface area (Å²) >= 11 is 0. The third-order valence-electron chi connectivity index (χ3n) is 2.58. The minimum Gasteiger partial charge on any atom is -0.330 e. The predicted octanol–water partition coefficient (Wildman–Crippen LogP) is 0.985. The van der Waals surface area contributed by atoms with Crippen LogP contribution in [0, 0.1) is 17.0 Å². The van der Waals surface area contributed by atoms with Crippen LogP contribution < -0.4 is 5.73 Å². The molecule has 94 valence electrons. The second-order valence-electron chi connectivity index (χ2n) is 3.92. The molecule has 7 nitrogen and oxygen atoms in total. The van der Waals surface area contributed by atoms with Crippen LogP contribution in [0.5, 0.6) is 0 Å². The van der Waals surface area contributed by atoms with Crippen molar-refractivity contribution in [1.29, 1.82) is 0 Å². The molecule has 0 unspecified atom stereocenters. The number of non-ortho nitro benzene ring substituents is 1. The molecule has 1 heterocycles. The van der Waals surface area contributed by atoms with Crippen LogP contribution in [0.1, 0.15) is 11.3 Å². The van der Waals surface area contributed by atoms with Gasteiger partial charge in [0.2, 0.25) is 0 Å². The van der Waals surface area contributed by atoms with Crippen molar-refractivity contribution < 1.29 is 4.92 Å². The second-order valence-corrected chi connectivity index (χ2v) is 3.92. The fourth-order valence-electron chi connectivity index (χ4n) is 1.69. The summed E-state index contributed by atoms with van der Waals surface area (Å²) in [4.78, 5) is 10.2. The average molecular weight is 247 g/mol. The lowest BCUT2D eigenvalue weighted by Gasteiger charge is -2.03. The summed E-state index contributed by atoms with van der Waals surface area (Å²) in [5.41, 5.74) is 7.85. The molecule has 0 atom stereocenters. The number of nitro groups is 1. The molecule has 7 heteroatoms. The Hall–Kier alpha value is -2.28. The zero-order valence-electron chi connectivity index (χ0n) is 9.91. The number of hydrogen-bond donors (Lipinski definition) is 1. The largest absolute Gasteiger partial charge is 0.330 e. The van der Waals surface area contributed by atoms with E-state index in [1.165, 1.54) is 12.1 Å². The molecule has 0 amide bonds. The third-order valence-corrected chi connectivity index (χ3v) is 2.58. The van der Waals surface area contributed by atoms with Crippen molar-refractivity contribution in [3.8, 4) is 5.69 Å². The monoisotopic (exact) mass is 247 g/mol. The molecular weight excluding hydrogens is 234 g/mol. The van der Waals surface area contributed by atoms with Gasteiger partial charge in [-0.05, 0) is 25.1 Å². The fourth-order valence-corrected chi connectivity index (χ4v) is 1.69. The van der Waals surface area contributed by atoms with Gasteiger partial charge in [0.25, 0.3) is 5.69 Å². The van der Waals surface area contributed by atoms with E-state index in [4.69, 9.17) is 5.73 Å². The van der Waals surface area contributed by atoms with Crippen LogP contribution in [0.4, 0.5) is 5.69 Å². The van der Waals surface area contributed by atoms with E-state index in [0.29, 0.717) is 13.0 Å². The van der Waals surface area contributed by atoms with E-state index in [0.717, 1.165) is 16.9 Å². The van der Waals surface area contributed by atoms with Crippen molar-refractivity contribution in [1.82, 2.24) is 15.0 Å². The Balaban J connectivity index is 2.35. The molecule has 0 saturated carbocycles. The van der Waals surface area contributed by atoms with Crippen LogP contribution in [-0.2, 0) is 6.42 Å². The Kier molecular flexibility index (Phi) is 3.33. The van der Waals surface area contributed by atoms with Gasteiger partial charge in [0.15, 0.2) is 0 Å². The highest BCUT2D eigenvalue weighted by atomic mass is 16.6. The number of hydrogen-bond acceptors (Lipinski definition) is 5. The van der Waals surface area contributed by atoms with Gasteiger partial charge in [0.1, 0.15) is 0 Å².